The van der Waals surface area contributed by atoms with Gasteiger partial charge in [0, 0.05) is 7.11 Å². The van der Waals surface area contributed by atoms with Gasteiger partial charge in [0.15, 0.2) is 0 Å². The zero-order chi connectivity index (χ0) is 14.8. The van der Waals surface area contributed by atoms with Gasteiger partial charge in [0.25, 0.3) is 0 Å². The first-order valence-corrected chi connectivity index (χ1v) is 7.26. The third kappa shape index (κ3) is 6.17. The second kappa shape index (κ2) is 9.50. The average molecular weight is 278 g/mol. The fraction of sp³-hybridized carbons (Fsp3) is 0.562. The topological polar surface area (TPSA) is 64.3 Å². The van der Waals surface area contributed by atoms with E-state index in [0.29, 0.717) is 13.0 Å². The Hall–Kier alpha value is -1.39. The highest BCUT2D eigenvalue weighted by atomic mass is 16.5. The van der Waals surface area contributed by atoms with Gasteiger partial charge in [-0.1, -0.05) is 43.7 Å². The lowest BCUT2D eigenvalue weighted by atomic mass is 10.0. The van der Waals surface area contributed by atoms with Crippen LogP contribution < -0.4 is 11.1 Å². The average Bonchev–Trinajstić information content (AvgIpc) is 2.46. The first kappa shape index (κ1) is 16.7. The van der Waals surface area contributed by atoms with Gasteiger partial charge in [-0.2, -0.15) is 0 Å². The molecular weight excluding hydrogens is 252 g/mol. The lowest BCUT2D eigenvalue weighted by Gasteiger charge is -2.20. The number of methoxy groups -OCH3 is 1. The van der Waals surface area contributed by atoms with Crippen molar-refractivity contribution >= 4 is 5.91 Å². The van der Waals surface area contributed by atoms with E-state index in [1.54, 1.807) is 7.11 Å². The fourth-order valence-corrected chi connectivity index (χ4v) is 2.15. The Morgan fingerprint density at radius 3 is 2.60 bits per heavy atom. The minimum Gasteiger partial charge on any atom is -0.383 e. The molecule has 1 amide bonds. The number of amides is 1. The van der Waals surface area contributed by atoms with Crippen LogP contribution >= 0.6 is 0 Å². The van der Waals surface area contributed by atoms with Crippen LogP contribution in [0, 0.1) is 0 Å². The van der Waals surface area contributed by atoms with E-state index in [9.17, 15) is 4.79 Å². The van der Waals surface area contributed by atoms with Crippen LogP contribution in [0.3, 0.4) is 0 Å². The smallest absolute Gasteiger partial charge is 0.237 e. The van der Waals surface area contributed by atoms with Gasteiger partial charge in [-0.3, -0.25) is 4.79 Å². The van der Waals surface area contributed by atoms with Crippen LogP contribution in [0.4, 0.5) is 0 Å². The number of carbonyl (C=O) groups excluding carboxylic acids is 1. The van der Waals surface area contributed by atoms with Crippen molar-refractivity contribution < 1.29 is 9.53 Å². The summed E-state index contributed by atoms with van der Waals surface area (Å²) in [6.45, 7) is 2.62. The Balaban J connectivity index is 2.37. The van der Waals surface area contributed by atoms with Gasteiger partial charge in [0.05, 0.1) is 18.7 Å². The molecule has 0 saturated carbocycles. The van der Waals surface area contributed by atoms with Crippen molar-refractivity contribution in [2.24, 2.45) is 5.73 Å². The molecule has 0 aliphatic rings. The molecule has 1 aromatic rings. The second-order valence-electron chi connectivity index (χ2n) is 5.08. The predicted molar refractivity (Wildman–Crippen MR) is 81.5 cm³/mol. The molecule has 20 heavy (non-hydrogen) atoms. The highest BCUT2D eigenvalue weighted by molar-refractivity contribution is 5.81. The normalized spacial score (nSPS) is 13.8. The number of ether oxygens (including phenoxy) is 1. The standard InChI is InChI=1S/C16H26N2O2/c1-3-7-14(12-20-2)18-16(19)15(17)11-10-13-8-5-4-6-9-13/h4-6,8-9,14-15H,3,7,10-12,17H2,1-2H3,(H,18,19). The lowest BCUT2D eigenvalue weighted by molar-refractivity contribution is -0.123. The summed E-state index contributed by atoms with van der Waals surface area (Å²) in [5.41, 5.74) is 7.16. The van der Waals surface area contributed by atoms with Gasteiger partial charge < -0.3 is 15.8 Å². The Morgan fingerprint density at radius 1 is 1.30 bits per heavy atom. The van der Waals surface area contributed by atoms with E-state index >= 15 is 0 Å². The maximum absolute atomic E-state index is 12.0. The Kier molecular flexibility index (Phi) is 7.92. The van der Waals surface area contributed by atoms with Gasteiger partial charge in [0.2, 0.25) is 5.91 Å². The Morgan fingerprint density at radius 2 is 2.00 bits per heavy atom. The lowest BCUT2D eigenvalue weighted by Crippen LogP contribution is -2.47. The number of nitrogens with one attached hydrogen (secondary N) is 1. The van der Waals surface area contributed by atoms with E-state index in [0.717, 1.165) is 19.3 Å². The summed E-state index contributed by atoms with van der Waals surface area (Å²) in [7, 11) is 1.64. The van der Waals surface area contributed by atoms with Gasteiger partial charge in [0.1, 0.15) is 0 Å². The van der Waals surface area contributed by atoms with Gasteiger partial charge >= 0.3 is 0 Å². The molecule has 3 N–H and O–H groups in total. The summed E-state index contributed by atoms with van der Waals surface area (Å²) >= 11 is 0. The molecule has 0 bridgehead atoms. The molecule has 2 atom stereocenters. The minimum atomic E-state index is -0.466. The number of aryl methyl sites for hydroxylation is 1. The SMILES string of the molecule is CCCC(COC)NC(=O)C(N)CCc1ccccc1. The molecule has 0 heterocycles. The fourth-order valence-electron chi connectivity index (χ4n) is 2.15. The van der Waals surface area contributed by atoms with Gasteiger partial charge in [-0.05, 0) is 24.8 Å². The van der Waals surface area contributed by atoms with Gasteiger partial charge in [-0.15, -0.1) is 0 Å². The van der Waals surface area contributed by atoms with Crippen molar-refractivity contribution in [3.63, 3.8) is 0 Å². The molecule has 0 fully saturated rings. The van der Waals surface area contributed by atoms with Crippen LogP contribution in [0.15, 0.2) is 30.3 Å². The number of hydrogen-bond donors (Lipinski definition) is 2. The number of hydrogen-bond acceptors (Lipinski definition) is 3. The molecule has 112 valence electrons. The van der Waals surface area contributed by atoms with E-state index in [2.05, 4.69) is 24.4 Å². The van der Waals surface area contributed by atoms with E-state index < -0.39 is 6.04 Å². The van der Waals surface area contributed by atoms with Crippen molar-refractivity contribution in [2.45, 2.75) is 44.7 Å². The van der Waals surface area contributed by atoms with Crippen molar-refractivity contribution in [1.82, 2.24) is 5.32 Å². The molecular formula is C16H26N2O2. The minimum absolute atomic E-state index is 0.0558. The van der Waals surface area contributed by atoms with Crippen LogP contribution in [-0.4, -0.2) is 31.7 Å². The van der Waals surface area contributed by atoms with Crippen LogP contribution in [0.25, 0.3) is 0 Å². The van der Waals surface area contributed by atoms with Gasteiger partial charge in [-0.25, -0.2) is 0 Å². The van der Waals surface area contributed by atoms with Crippen LogP contribution in [-0.2, 0) is 16.0 Å². The highest BCUT2D eigenvalue weighted by Crippen LogP contribution is 2.05. The molecule has 4 heteroatoms. The molecule has 0 aliphatic heterocycles. The first-order valence-electron chi connectivity index (χ1n) is 7.26. The van der Waals surface area contributed by atoms with Crippen molar-refractivity contribution in [1.29, 1.82) is 0 Å². The molecule has 2 unspecified atom stereocenters. The maximum Gasteiger partial charge on any atom is 0.237 e. The molecule has 1 rings (SSSR count). The number of nitrogens with two attached hydrogens (primary N) is 1. The summed E-state index contributed by atoms with van der Waals surface area (Å²) in [6, 6.07) is 9.67. The van der Waals surface area contributed by atoms with Crippen molar-refractivity contribution in [3.05, 3.63) is 35.9 Å². The summed E-state index contributed by atoms with van der Waals surface area (Å²) in [5.74, 6) is -0.0866. The number of carbonyl (C=O) groups is 1. The quantitative estimate of drug-likeness (QED) is 0.725. The Bertz CT molecular complexity index is 375. The van der Waals surface area contributed by atoms with E-state index in [1.807, 2.05) is 18.2 Å². The highest BCUT2D eigenvalue weighted by Gasteiger charge is 2.17. The summed E-state index contributed by atoms with van der Waals surface area (Å²) in [5, 5.41) is 2.97. The predicted octanol–water partition coefficient (Wildman–Crippen LogP) is 1.88. The van der Waals surface area contributed by atoms with Crippen LogP contribution in [0.2, 0.25) is 0 Å². The molecule has 0 aromatic heterocycles. The largest absolute Gasteiger partial charge is 0.383 e. The van der Waals surface area contributed by atoms with E-state index in [1.165, 1.54) is 5.56 Å². The van der Waals surface area contributed by atoms with Crippen LogP contribution in [0.5, 0.6) is 0 Å². The molecule has 0 spiro atoms. The maximum atomic E-state index is 12.0. The molecule has 0 saturated heterocycles. The van der Waals surface area contributed by atoms with Crippen molar-refractivity contribution in [2.75, 3.05) is 13.7 Å². The molecule has 1 aromatic carbocycles. The van der Waals surface area contributed by atoms with Crippen molar-refractivity contribution in [3.8, 4) is 0 Å². The zero-order valence-corrected chi connectivity index (χ0v) is 12.5. The Labute approximate surface area is 121 Å². The second-order valence-corrected chi connectivity index (χ2v) is 5.08. The van der Waals surface area contributed by atoms with E-state index in [-0.39, 0.29) is 11.9 Å². The zero-order valence-electron chi connectivity index (χ0n) is 12.5. The molecule has 0 radical (unpaired) electrons. The van der Waals surface area contributed by atoms with E-state index in [4.69, 9.17) is 10.5 Å². The third-order valence-electron chi connectivity index (χ3n) is 3.27. The third-order valence-corrected chi connectivity index (χ3v) is 3.27. The monoisotopic (exact) mass is 278 g/mol. The number of rotatable bonds is 9. The summed E-state index contributed by atoms with van der Waals surface area (Å²) < 4.78 is 5.11. The summed E-state index contributed by atoms with van der Waals surface area (Å²) in [6.07, 6.45) is 3.39. The molecule has 4 nitrogen and oxygen atoms in total. The summed E-state index contributed by atoms with van der Waals surface area (Å²) in [4.78, 5) is 12.0. The molecule has 0 aliphatic carbocycles. The number of benzene rings is 1. The first-order chi connectivity index (χ1) is 9.67. The van der Waals surface area contributed by atoms with Crippen LogP contribution in [0.1, 0.15) is 31.7 Å².